The van der Waals surface area contributed by atoms with E-state index < -0.39 is 17.9 Å². The van der Waals surface area contributed by atoms with Gasteiger partial charge in [0.1, 0.15) is 0 Å². The number of hydrogen-bond acceptors (Lipinski definition) is 3. The summed E-state index contributed by atoms with van der Waals surface area (Å²) in [6.45, 7) is 7.87. The fourth-order valence-electron chi connectivity index (χ4n) is 2.13. The number of carbonyl (C=O) groups excluding carboxylic acids is 1. The van der Waals surface area contributed by atoms with Crippen LogP contribution in [0.3, 0.4) is 0 Å². The molecule has 0 aromatic heterocycles. The first-order chi connectivity index (χ1) is 8.71. The number of amides is 2. The van der Waals surface area contributed by atoms with Crippen LogP contribution in [0, 0.1) is 5.92 Å². The monoisotopic (exact) mass is 272 g/mol. The van der Waals surface area contributed by atoms with E-state index in [1.54, 1.807) is 13.8 Å². The van der Waals surface area contributed by atoms with Crippen molar-refractivity contribution in [2.24, 2.45) is 5.92 Å². The van der Waals surface area contributed by atoms with E-state index in [2.05, 4.69) is 10.6 Å². The van der Waals surface area contributed by atoms with E-state index in [-0.39, 0.29) is 17.7 Å². The minimum absolute atomic E-state index is 0.0658. The fraction of sp³-hybridized carbons (Fsp3) is 0.846. The molecule has 19 heavy (non-hydrogen) atoms. The molecule has 0 spiro atoms. The quantitative estimate of drug-likeness (QED) is 0.721. The lowest BCUT2D eigenvalue weighted by Gasteiger charge is -2.36. The summed E-state index contributed by atoms with van der Waals surface area (Å²) in [5, 5.41) is 14.4. The lowest BCUT2D eigenvalue weighted by Crippen LogP contribution is -2.51. The Morgan fingerprint density at radius 2 is 2.00 bits per heavy atom. The Bertz CT molecular complexity index is 344. The minimum Gasteiger partial charge on any atom is -0.481 e. The summed E-state index contributed by atoms with van der Waals surface area (Å²) in [6, 6.07) is -0.662. The molecule has 1 heterocycles. The lowest BCUT2D eigenvalue weighted by molar-refractivity contribution is -0.141. The van der Waals surface area contributed by atoms with Gasteiger partial charge in [-0.3, -0.25) is 4.79 Å². The van der Waals surface area contributed by atoms with Gasteiger partial charge in [0.05, 0.1) is 11.5 Å². The summed E-state index contributed by atoms with van der Waals surface area (Å²) < 4.78 is 5.58. The third kappa shape index (κ3) is 5.06. The zero-order valence-electron chi connectivity index (χ0n) is 12.0. The molecule has 0 bridgehead atoms. The van der Waals surface area contributed by atoms with Crippen LogP contribution in [0.4, 0.5) is 4.79 Å². The highest BCUT2D eigenvalue weighted by molar-refractivity contribution is 5.76. The maximum absolute atomic E-state index is 11.8. The van der Waals surface area contributed by atoms with E-state index in [0.29, 0.717) is 6.61 Å². The molecule has 3 unspecified atom stereocenters. The van der Waals surface area contributed by atoms with Crippen LogP contribution in [0.1, 0.15) is 40.5 Å². The number of hydrogen-bond donors (Lipinski definition) is 3. The van der Waals surface area contributed by atoms with Crippen molar-refractivity contribution in [3.63, 3.8) is 0 Å². The molecule has 110 valence electrons. The summed E-state index contributed by atoms with van der Waals surface area (Å²) in [5.74, 6) is -1.53. The topological polar surface area (TPSA) is 87.7 Å². The van der Waals surface area contributed by atoms with Gasteiger partial charge in [-0.25, -0.2) is 4.79 Å². The van der Waals surface area contributed by atoms with Gasteiger partial charge in [-0.15, -0.1) is 0 Å². The highest BCUT2D eigenvalue weighted by Gasteiger charge is 2.30. The van der Waals surface area contributed by atoms with E-state index in [0.717, 1.165) is 12.8 Å². The molecule has 0 aromatic rings. The van der Waals surface area contributed by atoms with Crippen molar-refractivity contribution in [3.05, 3.63) is 0 Å². The number of ether oxygens (including phenoxy) is 1. The van der Waals surface area contributed by atoms with E-state index in [9.17, 15) is 9.59 Å². The molecule has 2 amide bonds. The number of rotatable bonds is 4. The van der Waals surface area contributed by atoms with Crippen LogP contribution in [0.5, 0.6) is 0 Å². The molecule has 3 atom stereocenters. The second-order valence-electron chi connectivity index (χ2n) is 5.83. The smallest absolute Gasteiger partial charge is 0.315 e. The van der Waals surface area contributed by atoms with Gasteiger partial charge < -0.3 is 20.5 Å². The highest BCUT2D eigenvalue weighted by Crippen LogP contribution is 2.23. The number of carboxylic acids is 1. The standard InChI is InChI=1S/C13H24N2O4/c1-8(11(16)17)9(2)14-12(18)15-10-5-6-19-13(3,4)7-10/h8-10H,5-7H2,1-4H3,(H,16,17)(H2,14,15,18). The van der Waals surface area contributed by atoms with E-state index >= 15 is 0 Å². The first-order valence-electron chi connectivity index (χ1n) is 6.65. The van der Waals surface area contributed by atoms with Crippen molar-refractivity contribution in [1.29, 1.82) is 0 Å². The Morgan fingerprint density at radius 1 is 1.37 bits per heavy atom. The Labute approximate surface area is 113 Å². The van der Waals surface area contributed by atoms with Crippen molar-refractivity contribution >= 4 is 12.0 Å². The Hall–Kier alpha value is -1.30. The molecule has 6 nitrogen and oxygen atoms in total. The van der Waals surface area contributed by atoms with Gasteiger partial charge in [-0.2, -0.15) is 0 Å². The van der Waals surface area contributed by atoms with Gasteiger partial charge in [-0.05, 0) is 40.5 Å². The largest absolute Gasteiger partial charge is 0.481 e. The van der Waals surface area contributed by atoms with Gasteiger partial charge in [0.15, 0.2) is 0 Å². The van der Waals surface area contributed by atoms with E-state index in [1.165, 1.54) is 0 Å². The van der Waals surface area contributed by atoms with Crippen molar-refractivity contribution in [3.8, 4) is 0 Å². The molecule has 1 aliphatic heterocycles. The van der Waals surface area contributed by atoms with Crippen LogP contribution in [-0.2, 0) is 9.53 Å². The van der Waals surface area contributed by atoms with Crippen LogP contribution >= 0.6 is 0 Å². The molecule has 3 N–H and O–H groups in total. The molecular formula is C13H24N2O4. The Morgan fingerprint density at radius 3 is 2.53 bits per heavy atom. The number of nitrogens with one attached hydrogen (secondary N) is 2. The van der Waals surface area contributed by atoms with Crippen LogP contribution in [-0.4, -0.2) is 41.4 Å². The molecule has 1 saturated heterocycles. The first kappa shape index (κ1) is 15.8. The van der Waals surface area contributed by atoms with Gasteiger partial charge >= 0.3 is 12.0 Å². The summed E-state index contributed by atoms with van der Waals surface area (Å²) in [5.41, 5.74) is -0.226. The average molecular weight is 272 g/mol. The predicted octanol–water partition coefficient (Wildman–Crippen LogP) is 1.35. The molecule has 0 aromatic carbocycles. The second kappa shape index (κ2) is 6.23. The summed E-state index contributed by atoms with van der Waals surface area (Å²) in [4.78, 5) is 22.6. The predicted molar refractivity (Wildman–Crippen MR) is 71.0 cm³/mol. The molecular weight excluding hydrogens is 248 g/mol. The maximum atomic E-state index is 11.8. The zero-order valence-corrected chi connectivity index (χ0v) is 12.0. The maximum Gasteiger partial charge on any atom is 0.315 e. The third-order valence-corrected chi connectivity index (χ3v) is 3.53. The third-order valence-electron chi connectivity index (χ3n) is 3.53. The van der Waals surface area contributed by atoms with Crippen LogP contribution in [0.15, 0.2) is 0 Å². The van der Waals surface area contributed by atoms with Crippen molar-refractivity contribution in [2.45, 2.75) is 58.2 Å². The normalized spacial score (nSPS) is 25.2. The second-order valence-corrected chi connectivity index (χ2v) is 5.83. The summed E-state index contributed by atoms with van der Waals surface area (Å²) in [6.07, 6.45) is 1.53. The summed E-state index contributed by atoms with van der Waals surface area (Å²) in [7, 11) is 0. The molecule has 1 fully saturated rings. The molecule has 0 aliphatic carbocycles. The molecule has 6 heteroatoms. The molecule has 0 saturated carbocycles. The van der Waals surface area contributed by atoms with Gasteiger partial charge in [-0.1, -0.05) is 0 Å². The molecule has 1 rings (SSSR count). The van der Waals surface area contributed by atoms with Crippen molar-refractivity contribution in [1.82, 2.24) is 10.6 Å². The first-order valence-corrected chi connectivity index (χ1v) is 6.65. The highest BCUT2D eigenvalue weighted by atomic mass is 16.5. The van der Waals surface area contributed by atoms with E-state index in [4.69, 9.17) is 9.84 Å². The fourth-order valence-corrected chi connectivity index (χ4v) is 2.13. The van der Waals surface area contributed by atoms with Gasteiger partial charge in [0.25, 0.3) is 0 Å². The van der Waals surface area contributed by atoms with Gasteiger partial charge in [0.2, 0.25) is 0 Å². The van der Waals surface area contributed by atoms with Crippen LogP contribution < -0.4 is 10.6 Å². The SMILES string of the molecule is CC(NC(=O)NC1CCOC(C)(C)C1)C(C)C(=O)O. The Kier molecular flexibility index (Phi) is 5.17. The van der Waals surface area contributed by atoms with Gasteiger partial charge in [0, 0.05) is 18.7 Å². The van der Waals surface area contributed by atoms with Crippen LogP contribution in [0.2, 0.25) is 0 Å². The number of carbonyl (C=O) groups is 2. The number of urea groups is 1. The molecule has 1 aliphatic rings. The van der Waals surface area contributed by atoms with Crippen molar-refractivity contribution in [2.75, 3.05) is 6.61 Å². The number of carboxylic acid groups (broad SMARTS) is 1. The van der Waals surface area contributed by atoms with Crippen molar-refractivity contribution < 1.29 is 19.4 Å². The number of aliphatic carboxylic acids is 1. The summed E-state index contributed by atoms with van der Waals surface area (Å²) >= 11 is 0. The lowest BCUT2D eigenvalue weighted by atomic mass is 9.94. The van der Waals surface area contributed by atoms with E-state index in [1.807, 2.05) is 13.8 Å². The zero-order chi connectivity index (χ0) is 14.6. The average Bonchev–Trinajstić information content (AvgIpc) is 2.25. The Balaban J connectivity index is 2.41. The minimum atomic E-state index is -0.917. The molecule has 0 radical (unpaired) electrons. The van der Waals surface area contributed by atoms with Crippen LogP contribution in [0.25, 0.3) is 0 Å².